The molecule has 0 unspecified atom stereocenters. The Labute approximate surface area is 111 Å². The Hall–Kier alpha value is -0.570. The van der Waals surface area contributed by atoms with Gasteiger partial charge in [0.2, 0.25) is 5.91 Å². The van der Waals surface area contributed by atoms with Crippen LogP contribution in [0, 0.1) is 5.92 Å². The topological polar surface area (TPSA) is 40.5 Å². The fourth-order valence-corrected chi connectivity index (χ4v) is 3.45. The molecular weight excluding hydrogens is 226 g/mol. The summed E-state index contributed by atoms with van der Waals surface area (Å²) >= 11 is 0. The molecule has 0 bridgehead atoms. The Bertz CT molecular complexity index is 266. The Balaban J connectivity index is 1.70. The second kappa shape index (κ2) is 6.55. The van der Waals surface area contributed by atoms with E-state index in [2.05, 4.69) is 0 Å². The number of rotatable bonds is 4. The lowest BCUT2D eigenvalue weighted by Gasteiger charge is -2.33. The van der Waals surface area contributed by atoms with Gasteiger partial charge in [-0.3, -0.25) is 4.79 Å². The fraction of sp³-hybridized carbons (Fsp3) is 0.933. The summed E-state index contributed by atoms with van der Waals surface area (Å²) in [7, 11) is 1.94. The first kappa shape index (κ1) is 13.9. The van der Waals surface area contributed by atoms with Crippen LogP contribution in [-0.4, -0.2) is 35.1 Å². The molecule has 0 atom stereocenters. The predicted molar refractivity (Wildman–Crippen MR) is 72.2 cm³/mol. The van der Waals surface area contributed by atoms with Crippen LogP contribution in [0.4, 0.5) is 0 Å². The first-order chi connectivity index (χ1) is 8.66. The predicted octanol–water partition coefficient (Wildman–Crippen LogP) is 2.72. The number of nitrogens with zero attached hydrogens (tertiary/aromatic N) is 1. The summed E-state index contributed by atoms with van der Waals surface area (Å²) in [5.74, 6) is 1.11. The summed E-state index contributed by atoms with van der Waals surface area (Å²) in [6.45, 7) is 0. The molecule has 2 rings (SSSR count). The van der Waals surface area contributed by atoms with Crippen LogP contribution in [0.2, 0.25) is 0 Å². The molecule has 1 N–H and O–H groups in total. The van der Waals surface area contributed by atoms with Crippen LogP contribution in [-0.2, 0) is 4.79 Å². The highest BCUT2D eigenvalue weighted by Gasteiger charge is 2.26. The zero-order chi connectivity index (χ0) is 13.0. The molecule has 0 heterocycles. The van der Waals surface area contributed by atoms with Gasteiger partial charge in [-0.25, -0.2) is 0 Å². The normalized spacial score (nSPS) is 29.4. The molecule has 2 fully saturated rings. The van der Waals surface area contributed by atoms with Gasteiger partial charge in [-0.1, -0.05) is 25.7 Å². The molecule has 0 aromatic carbocycles. The largest absolute Gasteiger partial charge is 0.393 e. The second-order valence-corrected chi connectivity index (χ2v) is 6.16. The van der Waals surface area contributed by atoms with Crippen LogP contribution < -0.4 is 0 Å². The number of amides is 1. The molecule has 0 saturated heterocycles. The van der Waals surface area contributed by atoms with Crippen LogP contribution in [0.3, 0.4) is 0 Å². The van der Waals surface area contributed by atoms with E-state index in [9.17, 15) is 9.90 Å². The molecule has 1 amide bonds. The number of hydrogen-bond donors (Lipinski definition) is 1. The van der Waals surface area contributed by atoms with Crippen LogP contribution in [0.1, 0.15) is 64.2 Å². The zero-order valence-electron chi connectivity index (χ0n) is 11.6. The molecule has 0 aromatic rings. The minimum atomic E-state index is -0.136. The summed E-state index contributed by atoms with van der Waals surface area (Å²) in [5.41, 5.74) is 0. The Morgan fingerprint density at radius 3 is 2.33 bits per heavy atom. The van der Waals surface area contributed by atoms with E-state index in [-0.39, 0.29) is 6.10 Å². The molecular formula is C15H27NO2. The number of carbonyl (C=O) groups excluding carboxylic acids is 1. The van der Waals surface area contributed by atoms with Gasteiger partial charge in [0.1, 0.15) is 0 Å². The molecule has 0 spiro atoms. The number of hydrogen-bond acceptors (Lipinski definition) is 2. The lowest BCUT2D eigenvalue weighted by Crippen LogP contribution is -2.40. The quantitative estimate of drug-likeness (QED) is 0.837. The Kier molecular flexibility index (Phi) is 5.04. The van der Waals surface area contributed by atoms with E-state index in [1.165, 1.54) is 25.7 Å². The molecule has 0 aromatic heterocycles. The van der Waals surface area contributed by atoms with Crippen molar-refractivity contribution in [2.45, 2.75) is 76.4 Å². The highest BCUT2D eigenvalue weighted by Crippen LogP contribution is 2.29. The van der Waals surface area contributed by atoms with Gasteiger partial charge in [0.15, 0.2) is 0 Å². The van der Waals surface area contributed by atoms with Gasteiger partial charge in [0.25, 0.3) is 0 Å². The van der Waals surface area contributed by atoms with Crippen molar-refractivity contribution in [1.82, 2.24) is 4.90 Å². The van der Waals surface area contributed by atoms with Gasteiger partial charge < -0.3 is 10.0 Å². The minimum absolute atomic E-state index is 0.136. The molecule has 3 heteroatoms. The summed E-state index contributed by atoms with van der Waals surface area (Å²) in [6.07, 6.45) is 10.7. The van der Waals surface area contributed by atoms with E-state index in [0.717, 1.165) is 44.4 Å². The minimum Gasteiger partial charge on any atom is -0.393 e. The molecule has 18 heavy (non-hydrogen) atoms. The maximum atomic E-state index is 12.1. The highest BCUT2D eigenvalue weighted by molar-refractivity contribution is 5.76. The van der Waals surface area contributed by atoms with Gasteiger partial charge in [-0.2, -0.15) is 0 Å². The van der Waals surface area contributed by atoms with Crippen molar-refractivity contribution in [3.8, 4) is 0 Å². The highest BCUT2D eigenvalue weighted by atomic mass is 16.3. The lowest BCUT2D eigenvalue weighted by molar-refractivity contribution is -0.133. The fourth-order valence-electron chi connectivity index (χ4n) is 3.45. The first-order valence-corrected chi connectivity index (χ1v) is 7.60. The summed E-state index contributed by atoms with van der Waals surface area (Å²) in [4.78, 5) is 14.1. The number of aliphatic hydroxyl groups excluding tert-OH is 1. The molecule has 0 radical (unpaired) electrons. The number of aliphatic hydroxyl groups is 1. The molecule has 2 saturated carbocycles. The van der Waals surface area contributed by atoms with Crippen molar-refractivity contribution in [2.24, 2.45) is 5.92 Å². The maximum absolute atomic E-state index is 12.1. The molecule has 104 valence electrons. The summed E-state index contributed by atoms with van der Waals surface area (Å²) in [6, 6.07) is 0.365. The average Bonchev–Trinajstić information content (AvgIpc) is 2.89. The van der Waals surface area contributed by atoms with Crippen molar-refractivity contribution in [1.29, 1.82) is 0 Å². The van der Waals surface area contributed by atoms with Crippen molar-refractivity contribution < 1.29 is 9.90 Å². The van der Waals surface area contributed by atoms with E-state index in [1.54, 1.807) is 0 Å². The van der Waals surface area contributed by atoms with E-state index in [4.69, 9.17) is 0 Å². The van der Waals surface area contributed by atoms with E-state index < -0.39 is 0 Å². The van der Waals surface area contributed by atoms with Gasteiger partial charge in [0, 0.05) is 19.5 Å². The molecule has 2 aliphatic carbocycles. The van der Waals surface area contributed by atoms with Crippen molar-refractivity contribution in [3.63, 3.8) is 0 Å². The SMILES string of the molecule is CN(C(=O)CCC1CCCC1)C1CCC(O)CC1. The van der Waals surface area contributed by atoms with Crippen molar-refractivity contribution in [3.05, 3.63) is 0 Å². The third-order valence-corrected chi connectivity index (χ3v) is 4.85. The standard InChI is InChI=1S/C15H27NO2/c1-16(13-7-9-14(17)10-8-13)15(18)11-6-12-4-2-3-5-12/h12-14,17H,2-11H2,1H3. The van der Waals surface area contributed by atoms with E-state index >= 15 is 0 Å². The van der Waals surface area contributed by atoms with Crippen LogP contribution >= 0.6 is 0 Å². The Morgan fingerprint density at radius 2 is 1.72 bits per heavy atom. The maximum Gasteiger partial charge on any atom is 0.222 e. The first-order valence-electron chi connectivity index (χ1n) is 7.60. The third-order valence-electron chi connectivity index (χ3n) is 4.85. The zero-order valence-corrected chi connectivity index (χ0v) is 11.6. The van der Waals surface area contributed by atoms with Crippen molar-refractivity contribution >= 4 is 5.91 Å². The van der Waals surface area contributed by atoms with Gasteiger partial charge in [0.05, 0.1) is 6.10 Å². The van der Waals surface area contributed by atoms with Gasteiger partial charge in [-0.05, 0) is 38.0 Å². The molecule has 0 aliphatic heterocycles. The van der Waals surface area contributed by atoms with E-state index in [0.29, 0.717) is 11.9 Å². The summed E-state index contributed by atoms with van der Waals surface area (Å²) in [5, 5.41) is 9.49. The lowest BCUT2D eigenvalue weighted by atomic mass is 9.92. The van der Waals surface area contributed by atoms with Crippen LogP contribution in [0.25, 0.3) is 0 Å². The summed E-state index contributed by atoms with van der Waals surface area (Å²) < 4.78 is 0. The molecule has 2 aliphatic rings. The smallest absolute Gasteiger partial charge is 0.222 e. The molecule has 3 nitrogen and oxygen atoms in total. The average molecular weight is 253 g/mol. The van der Waals surface area contributed by atoms with E-state index in [1.807, 2.05) is 11.9 Å². The monoisotopic (exact) mass is 253 g/mol. The van der Waals surface area contributed by atoms with Crippen LogP contribution in [0.15, 0.2) is 0 Å². The van der Waals surface area contributed by atoms with Crippen LogP contribution in [0.5, 0.6) is 0 Å². The van der Waals surface area contributed by atoms with Gasteiger partial charge >= 0.3 is 0 Å². The number of carbonyl (C=O) groups is 1. The second-order valence-electron chi connectivity index (χ2n) is 6.16. The van der Waals surface area contributed by atoms with Gasteiger partial charge in [-0.15, -0.1) is 0 Å². The van der Waals surface area contributed by atoms with Crippen molar-refractivity contribution in [2.75, 3.05) is 7.05 Å². The third kappa shape index (κ3) is 3.71. The Morgan fingerprint density at radius 1 is 1.11 bits per heavy atom.